The van der Waals surface area contributed by atoms with E-state index < -0.39 is 30.6 Å². The molecule has 4 atom stereocenters. The van der Waals surface area contributed by atoms with Crippen LogP contribution in [0.4, 0.5) is 0 Å². The molecule has 86 valence electrons. The van der Waals surface area contributed by atoms with E-state index in [0.29, 0.717) is 0 Å². The molecule has 0 aromatic heterocycles. The van der Waals surface area contributed by atoms with Crippen molar-refractivity contribution in [3.05, 3.63) is 9.81 Å². The van der Waals surface area contributed by atoms with Crippen LogP contribution in [0.1, 0.15) is 0 Å². The molecule has 9 heteroatoms. The number of rotatable bonds is 4. The lowest BCUT2D eigenvalue weighted by atomic mass is 9.93. The maximum atomic E-state index is 10.5. The summed E-state index contributed by atoms with van der Waals surface area (Å²) < 4.78 is 4.76. The quantitative estimate of drug-likeness (QED) is 0.376. The number of nitrogens with zero attached hydrogens (tertiary/aromatic N) is 2. The molecule has 1 fully saturated rings. The number of ether oxygens (including phenoxy) is 1. The van der Waals surface area contributed by atoms with Crippen molar-refractivity contribution in [2.45, 2.75) is 24.0 Å². The van der Waals surface area contributed by atoms with Crippen LogP contribution < -0.4 is 5.90 Å². The van der Waals surface area contributed by atoms with Crippen LogP contribution in [-0.2, 0) is 9.57 Å². The van der Waals surface area contributed by atoms with Gasteiger partial charge < -0.3 is 14.9 Å². The van der Waals surface area contributed by atoms with Gasteiger partial charge in [-0.25, -0.2) is 5.90 Å². The molecule has 0 aliphatic carbocycles. The van der Waals surface area contributed by atoms with Gasteiger partial charge >= 0.3 is 0 Å². The number of aliphatic hydroxyl groups is 2. The predicted octanol–water partition coefficient (Wildman–Crippen LogP) is -1.77. The van der Waals surface area contributed by atoms with E-state index in [9.17, 15) is 20.0 Å². The van der Waals surface area contributed by atoms with Gasteiger partial charge in [-0.3, -0.25) is 4.84 Å². The number of aliphatic hydroxyl groups excluding tert-OH is 1. The SMILES string of the molecule is NOC[C@@]1(O)OC[C@@H](O)C(N=O)C1N=O. The molecule has 0 amide bonds. The summed E-state index contributed by atoms with van der Waals surface area (Å²) in [6, 6.07) is -2.93. The monoisotopic (exact) mass is 221 g/mol. The Bertz CT molecular complexity index is 251. The van der Waals surface area contributed by atoms with E-state index in [1.807, 2.05) is 0 Å². The standard InChI is InChI=1S/C6H11N3O6/c7-15-2-6(11)5(9-13)4(8-12)3(10)1-14-6/h3-5,10-11H,1-2,7H2/t3-,4?,5?,6-/m1/s1. The van der Waals surface area contributed by atoms with Crippen LogP contribution in [0.15, 0.2) is 10.4 Å². The summed E-state index contributed by atoms with van der Waals surface area (Å²) in [7, 11) is 0. The minimum absolute atomic E-state index is 0.359. The zero-order valence-electron chi connectivity index (χ0n) is 7.65. The molecule has 9 nitrogen and oxygen atoms in total. The van der Waals surface area contributed by atoms with E-state index in [2.05, 4.69) is 15.2 Å². The molecule has 0 saturated carbocycles. The second-order valence-corrected chi connectivity index (χ2v) is 3.18. The van der Waals surface area contributed by atoms with E-state index in [1.54, 1.807) is 0 Å². The highest BCUT2D eigenvalue weighted by molar-refractivity contribution is 5.00. The van der Waals surface area contributed by atoms with Gasteiger partial charge in [0, 0.05) is 0 Å². The summed E-state index contributed by atoms with van der Waals surface area (Å²) in [6.07, 6.45) is -1.29. The van der Waals surface area contributed by atoms with Crippen molar-refractivity contribution >= 4 is 0 Å². The Labute approximate surface area is 84.1 Å². The molecular formula is C6H11N3O6. The van der Waals surface area contributed by atoms with Gasteiger partial charge in [-0.15, -0.1) is 0 Å². The number of nitrogens with two attached hydrogens (primary N) is 1. The predicted molar refractivity (Wildman–Crippen MR) is 46.2 cm³/mol. The molecule has 0 aromatic rings. The van der Waals surface area contributed by atoms with Crippen molar-refractivity contribution in [2.75, 3.05) is 13.2 Å². The molecule has 0 bridgehead atoms. The second-order valence-electron chi connectivity index (χ2n) is 3.18. The summed E-state index contributed by atoms with van der Waals surface area (Å²) in [6.45, 7) is -0.912. The highest BCUT2D eigenvalue weighted by Gasteiger charge is 2.52. The normalized spacial score (nSPS) is 41.1. The molecule has 15 heavy (non-hydrogen) atoms. The van der Waals surface area contributed by atoms with Crippen LogP contribution in [0.3, 0.4) is 0 Å². The number of nitroso groups, excluding NO2 is 2. The Morgan fingerprint density at radius 1 is 1.53 bits per heavy atom. The maximum Gasteiger partial charge on any atom is 0.220 e. The summed E-state index contributed by atoms with van der Waals surface area (Å²) in [5.41, 5.74) is 0. The van der Waals surface area contributed by atoms with Gasteiger partial charge in [-0.05, 0) is 0 Å². The Morgan fingerprint density at radius 3 is 2.67 bits per heavy atom. The van der Waals surface area contributed by atoms with Gasteiger partial charge in [0.2, 0.25) is 5.79 Å². The van der Waals surface area contributed by atoms with Gasteiger partial charge in [0.05, 0.1) is 6.61 Å². The first kappa shape index (κ1) is 12.1. The van der Waals surface area contributed by atoms with E-state index in [1.165, 1.54) is 0 Å². The smallest absolute Gasteiger partial charge is 0.220 e. The molecule has 1 heterocycles. The van der Waals surface area contributed by atoms with E-state index >= 15 is 0 Å². The van der Waals surface area contributed by atoms with Gasteiger partial charge in [-0.2, -0.15) is 9.81 Å². The first-order chi connectivity index (χ1) is 7.09. The molecule has 4 N–H and O–H groups in total. The van der Waals surface area contributed by atoms with Crippen molar-refractivity contribution in [3.8, 4) is 0 Å². The highest BCUT2D eigenvalue weighted by Crippen LogP contribution is 2.28. The van der Waals surface area contributed by atoms with Crippen molar-refractivity contribution in [3.63, 3.8) is 0 Å². The van der Waals surface area contributed by atoms with E-state index in [-0.39, 0.29) is 6.61 Å². The summed E-state index contributed by atoms with van der Waals surface area (Å²) in [5.74, 6) is 2.60. The fraction of sp³-hybridized carbons (Fsp3) is 1.00. The van der Waals surface area contributed by atoms with Gasteiger partial charge in [0.1, 0.15) is 12.7 Å². The van der Waals surface area contributed by atoms with Crippen LogP contribution in [0, 0.1) is 9.81 Å². The van der Waals surface area contributed by atoms with Crippen molar-refractivity contribution < 1.29 is 19.8 Å². The third-order valence-electron chi connectivity index (χ3n) is 2.21. The van der Waals surface area contributed by atoms with Gasteiger partial charge in [0.25, 0.3) is 0 Å². The molecule has 2 unspecified atom stereocenters. The van der Waals surface area contributed by atoms with E-state index in [4.69, 9.17) is 10.6 Å². The maximum absolute atomic E-state index is 10.5. The lowest BCUT2D eigenvalue weighted by Gasteiger charge is -2.39. The Morgan fingerprint density at radius 2 is 2.20 bits per heavy atom. The zero-order valence-corrected chi connectivity index (χ0v) is 7.65. The minimum atomic E-state index is -2.13. The van der Waals surface area contributed by atoms with Gasteiger partial charge in [-0.1, -0.05) is 10.4 Å². The van der Waals surface area contributed by atoms with Crippen LogP contribution in [0.25, 0.3) is 0 Å². The first-order valence-electron chi connectivity index (χ1n) is 4.10. The summed E-state index contributed by atoms with van der Waals surface area (Å²) >= 11 is 0. The van der Waals surface area contributed by atoms with Gasteiger partial charge in [0.15, 0.2) is 12.1 Å². The highest BCUT2D eigenvalue weighted by atomic mass is 16.7. The third-order valence-corrected chi connectivity index (χ3v) is 2.21. The van der Waals surface area contributed by atoms with Crippen LogP contribution in [0.2, 0.25) is 0 Å². The molecule has 1 rings (SSSR count). The Balaban J connectivity index is 2.90. The van der Waals surface area contributed by atoms with Crippen LogP contribution in [-0.4, -0.2) is 47.4 Å². The van der Waals surface area contributed by atoms with Crippen molar-refractivity contribution in [1.82, 2.24) is 0 Å². The summed E-state index contributed by atoms with van der Waals surface area (Å²) in [4.78, 5) is 25.0. The molecule has 1 saturated heterocycles. The largest absolute Gasteiger partial charge is 0.388 e. The molecule has 1 aliphatic heterocycles. The third kappa shape index (κ3) is 2.16. The van der Waals surface area contributed by atoms with Crippen molar-refractivity contribution in [2.24, 2.45) is 16.3 Å². The average molecular weight is 221 g/mol. The minimum Gasteiger partial charge on any atom is -0.388 e. The average Bonchev–Trinajstić information content (AvgIpc) is 2.21. The second kappa shape index (κ2) is 4.68. The fourth-order valence-electron chi connectivity index (χ4n) is 1.41. The Kier molecular flexibility index (Phi) is 3.77. The summed E-state index contributed by atoms with van der Waals surface area (Å²) in [5, 5.41) is 24.0. The molecule has 0 spiro atoms. The van der Waals surface area contributed by atoms with E-state index in [0.717, 1.165) is 0 Å². The molecule has 0 aromatic carbocycles. The number of hydrogen-bond acceptors (Lipinski definition) is 9. The topological polar surface area (TPSA) is 144 Å². The lowest BCUT2D eigenvalue weighted by molar-refractivity contribution is -0.279. The Hall–Kier alpha value is -1.00. The zero-order chi connectivity index (χ0) is 11.5. The van der Waals surface area contributed by atoms with Crippen LogP contribution >= 0.6 is 0 Å². The lowest BCUT2D eigenvalue weighted by Crippen LogP contribution is -2.61. The molecular weight excluding hydrogens is 210 g/mol. The molecule has 0 radical (unpaired) electrons. The number of hydrogen-bond donors (Lipinski definition) is 3. The van der Waals surface area contributed by atoms with Crippen LogP contribution in [0.5, 0.6) is 0 Å². The van der Waals surface area contributed by atoms with Crippen molar-refractivity contribution in [1.29, 1.82) is 0 Å². The molecule has 1 aliphatic rings. The fourth-order valence-corrected chi connectivity index (χ4v) is 1.41. The first-order valence-corrected chi connectivity index (χ1v) is 4.10.